The molecule has 0 aliphatic carbocycles. The summed E-state index contributed by atoms with van der Waals surface area (Å²) in [5.74, 6) is 1.05. The monoisotopic (exact) mass is 395 g/mol. The van der Waals surface area contributed by atoms with Crippen LogP contribution in [0.1, 0.15) is 23.0 Å². The van der Waals surface area contributed by atoms with Crippen LogP contribution in [0.3, 0.4) is 0 Å². The number of hydrogen-bond acceptors (Lipinski definition) is 3. The van der Waals surface area contributed by atoms with Crippen LogP contribution in [-0.4, -0.2) is 37.3 Å². The first-order chi connectivity index (χ1) is 11.0. The van der Waals surface area contributed by atoms with E-state index in [4.69, 9.17) is 16.3 Å². The van der Waals surface area contributed by atoms with Gasteiger partial charge in [0.1, 0.15) is 0 Å². The van der Waals surface area contributed by atoms with Gasteiger partial charge >= 0.3 is 0 Å². The quantitative estimate of drug-likeness (QED) is 0.821. The number of likely N-dealkylation sites (N-methyl/N-ethyl adjacent to an activating group) is 1. The predicted molar refractivity (Wildman–Crippen MR) is 96.8 cm³/mol. The van der Waals surface area contributed by atoms with Gasteiger partial charge in [0.2, 0.25) is 0 Å². The van der Waals surface area contributed by atoms with Crippen molar-refractivity contribution < 1.29 is 9.84 Å². The summed E-state index contributed by atoms with van der Waals surface area (Å²) in [4.78, 5) is 2.28. The fourth-order valence-electron chi connectivity index (χ4n) is 3.44. The number of likely N-dealkylation sites (tertiary alicyclic amines) is 1. The largest absolute Gasteiger partial charge is 0.504 e. The second-order valence-electron chi connectivity index (χ2n) is 6.00. The molecule has 1 heterocycles. The van der Waals surface area contributed by atoms with E-state index >= 15 is 0 Å². The second kappa shape index (κ2) is 6.71. The molecule has 2 atom stereocenters. The van der Waals surface area contributed by atoms with Gasteiger partial charge in [-0.2, -0.15) is 0 Å². The Morgan fingerprint density at radius 2 is 1.83 bits per heavy atom. The van der Waals surface area contributed by atoms with E-state index in [-0.39, 0.29) is 17.6 Å². The van der Waals surface area contributed by atoms with Crippen LogP contribution in [0.4, 0.5) is 0 Å². The second-order valence-corrected chi connectivity index (χ2v) is 7.29. The highest BCUT2D eigenvalue weighted by Crippen LogP contribution is 2.47. The molecular formula is C18H19BrClNO2. The van der Waals surface area contributed by atoms with Crippen molar-refractivity contribution in [2.45, 2.75) is 11.8 Å². The molecule has 3 rings (SSSR count). The van der Waals surface area contributed by atoms with Gasteiger partial charge in [0, 0.05) is 46.1 Å². The summed E-state index contributed by atoms with van der Waals surface area (Å²) in [6.07, 6.45) is 0. The van der Waals surface area contributed by atoms with Crippen molar-refractivity contribution in [3.05, 3.63) is 57.0 Å². The van der Waals surface area contributed by atoms with Crippen molar-refractivity contribution in [1.29, 1.82) is 0 Å². The molecule has 122 valence electrons. The van der Waals surface area contributed by atoms with Crippen LogP contribution in [0.2, 0.25) is 5.02 Å². The normalized spacial score (nSPS) is 21.6. The maximum Gasteiger partial charge on any atom is 0.162 e. The Bertz CT molecular complexity index is 722. The molecular weight excluding hydrogens is 378 g/mol. The predicted octanol–water partition coefficient (Wildman–Crippen LogP) is 4.63. The minimum absolute atomic E-state index is 0.159. The first-order valence-electron chi connectivity index (χ1n) is 7.50. The third kappa shape index (κ3) is 3.21. The van der Waals surface area contributed by atoms with Gasteiger partial charge in [0.25, 0.3) is 0 Å². The van der Waals surface area contributed by atoms with Crippen molar-refractivity contribution in [2.75, 3.05) is 27.2 Å². The zero-order valence-corrected chi connectivity index (χ0v) is 15.4. The van der Waals surface area contributed by atoms with Crippen LogP contribution >= 0.6 is 27.5 Å². The van der Waals surface area contributed by atoms with Gasteiger partial charge in [0.15, 0.2) is 11.5 Å². The van der Waals surface area contributed by atoms with E-state index in [0.717, 1.165) is 23.1 Å². The van der Waals surface area contributed by atoms with E-state index in [1.54, 1.807) is 13.2 Å². The number of nitrogens with zero attached hydrogens (tertiary/aromatic N) is 1. The molecule has 0 bridgehead atoms. The lowest BCUT2D eigenvalue weighted by Gasteiger charge is -2.22. The molecule has 0 spiro atoms. The molecule has 1 aliphatic heterocycles. The fraction of sp³-hybridized carbons (Fsp3) is 0.333. The maximum absolute atomic E-state index is 10.6. The molecule has 5 heteroatoms. The number of phenols is 1. The Morgan fingerprint density at radius 3 is 2.48 bits per heavy atom. The van der Waals surface area contributed by atoms with Crippen molar-refractivity contribution in [2.24, 2.45) is 0 Å². The average Bonchev–Trinajstić information content (AvgIpc) is 2.91. The molecule has 0 radical (unpaired) electrons. The Balaban J connectivity index is 2.07. The Hall–Kier alpha value is -1.23. The standard InChI is InChI=1S/C18H19BrClNO2/c1-21-9-14(12-5-3-4-6-16(12)19)15(10-21)13-7-11(20)8-17(23-2)18(13)22/h3-8,14-15,22H,9-10H2,1-2H3/t14-,15-/m1/s1. The Kier molecular flexibility index (Phi) is 4.85. The summed E-state index contributed by atoms with van der Waals surface area (Å²) in [6.45, 7) is 1.80. The highest BCUT2D eigenvalue weighted by atomic mass is 79.9. The molecule has 0 saturated carbocycles. The number of aromatic hydroxyl groups is 1. The van der Waals surface area contributed by atoms with Gasteiger partial charge in [0.05, 0.1) is 7.11 Å². The highest BCUT2D eigenvalue weighted by molar-refractivity contribution is 9.10. The number of hydrogen-bond donors (Lipinski definition) is 1. The zero-order valence-electron chi connectivity index (χ0n) is 13.1. The minimum atomic E-state index is 0.159. The average molecular weight is 397 g/mol. The van der Waals surface area contributed by atoms with Gasteiger partial charge in [-0.3, -0.25) is 0 Å². The molecule has 23 heavy (non-hydrogen) atoms. The van der Waals surface area contributed by atoms with Gasteiger partial charge < -0.3 is 14.7 Å². The zero-order chi connectivity index (χ0) is 16.6. The molecule has 2 aromatic rings. The van der Waals surface area contributed by atoms with Crippen LogP contribution < -0.4 is 4.74 Å². The molecule has 0 aromatic heterocycles. The van der Waals surface area contributed by atoms with E-state index in [1.165, 1.54) is 5.56 Å². The summed E-state index contributed by atoms with van der Waals surface area (Å²) in [7, 11) is 3.64. The molecule has 1 N–H and O–H groups in total. The van der Waals surface area contributed by atoms with Gasteiger partial charge in [-0.1, -0.05) is 45.7 Å². The van der Waals surface area contributed by atoms with Gasteiger partial charge in [-0.25, -0.2) is 0 Å². The van der Waals surface area contributed by atoms with Crippen molar-refractivity contribution in [3.8, 4) is 11.5 Å². The molecule has 3 nitrogen and oxygen atoms in total. The van der Waals surface area contributed by atoms with Crippen LogP contribution in [-0.2, 0) is 0 Å². The van der Waals surface area contributed by atoms with Gasteiger partial charge in [-0.15, -0.1) is 0 Å². The van der Waals surface area contributed by atoms with Crippen molar-refractivity contribution in [3.63, 3.8) is 0 Å². The summed E-state index contributed by atoms with van der Waals surface area (Å²) < 4.78 is 6.36. The molecule has 2 aromatic carbocycles. The molecule has 0 unspecified atom stereocenters. The summed E-state index contributed by atoms with van der Waals surface area (Å²) in [5, 5.41) is 11.2. The van der Waals surface area contributed by atoms with Crippen molar-refractivity contribution in [1.82, 2.24) is 4.90 Å². The Labute approximate surface area is 150 Å². The van der Waals surface area contributed by atoms with E-state index in [1.807, 2.05) is 18.2 Å². The van der Waals surface area contributed by atoms with Crippen LogP contribution in [0.15, 0.2) is 40.9 Å². The molecule has 0 amide bonds. The number of halogens is 2. The van der Waals surface area contributed by atoms with E-state index in [0.29, 0.717) is 10.8 Å². The fourth-order valence-corrected chi connectivity index (χ4v) is 4.23. The van der Waals surface area contributed by atoms with Crippen LogP contribution in [0.5, 0.6) is 11.5 Å². The third-order valence-corrected chi connectivity index (χ3v) is 5.44. The maximum atomic E-state index is 10.6. The number of benzene rings is 2. The first kappa shape index (κ1) is 16.6. The van der Waals surface area contributed by atoms with E-state index < -0.39 is 0 Å². The minimum Gasteiger partial charge on any atom is -0.504 e. The first-order valence-corrected chi connectivity index (χ1v) is 8.67. The van der Waals surface area contributed by atoms with E-state index in [2.05, 4.69) is 40.0 Å². The lowest BCUT2D eigenvalue weighted by molar-refractivity contribution is 0.366. The SMILES string of the molecule is COc1cc(Cl)cc([C@H]2CN(C)C[C@@H]2c2ccccc2Br)c1O. The summed E-state index contributed by atoms with van der Waals surface area (Å²) in [6, 6.07) is 11.8. The Morgan fingerprint density at radius 1 is 1.17 bits per heavy atom. The lowest BCUT2D eigenvalue weighted by Crippen LogP contribution is -2.13. The molecule has 1 aliphatic rings. The van der Waals surface area contributed by atoms with E-state index in [9.17, 15) is 5.11 Å². The van der Waals surface area contributed by atoms with Crippen LogP contribution in [0, 0.1) is 0 Å². The topological polar surface area (TPSA) is 32.7 Å². The lowest BCUT2D eigenvalue weighted by atomic mass is 9.83. The molecule has 1 fully saturated rings. The smallest absolute Gasteiger partial charge is 0.162 e. The molecule has 1 saturated heterocycles. The number of phenolic OH excluding ortho intramolecular Hbond substituents is 1. The number of methoxy groups -OCH3 is 1. The third-order valence-electron chi connectivity index (χ3n) is 4.50. The number of ether oxygens (including phenoxy) is 1. The summed E-state index contributed by atoms with van der Waals surface area (Å²) in [5.41, 5.74) is 2.10. The number of rotatable bonds is 3. The van der Waals surface area contributed by atoms with Crippen LogP contribution in [0.25, 0.3) is 0 Å². The van der Waals surface area contributed by atoms with Crippen molar-refractivity contribution >= 4 is 27.5 Å². The summed E-state index contributed by atoms with van der Waals surface area (Å²) >= 11 is 9.88. The van der Waals surface area contributed by atoms with Gasteiger partial charge in [-0.05, 0) is 24.7 Å². The highest BCUT2D eigenvalue weighted by Gasteiger charge is 2.36.